The summed E-state index contributed by atoms with van der Waals surface area (Å²) in [6.45, 7) is 0. The summed E-state index contributed by atoms with van der Waals surface area (Å²) in [5.74, 6) is 0.499. The van der Waals surface area contributed by atoms with Gasteiger partial charge in [-0.25, -0.2) is 0 Å². The van der Waals surface area contributed by atoms with Crippen LogP contribution < -0.4 is 5.73 Å². The monoisotopic (exact) mass is 299 g/mol. The van der Waals surface area contributed by atoms with Gasteiger partial charge in [-0.15, -0.1) is 12.4 Å². The number of hydrogen-bond acceptors (Lipinski definition) is 1. The molecular formula is C11H13Cl4N. The number of benzene rings is 1. The van der Waals surface area contributed by atoms with Crippen molar-refractivity contribution >= 4 is 47.2 Å². The van der Waals surface area contributed by atoms with Gasteiger partial charge in [0, 0.05) is 16.6 Å². The second-order valence-corrected chi connectivity index (χ2v) is 5.17. The molecule has 0 spiro atoms. The highest BCUT2D eigenvalue weighted by molar-refractivity contribution is 6.44. The molecule has 1 saturated carbocycles. The van der Waals surface area contributed by atoms with Crippen molar-refractivity contribution in [1.29, 1.82) is 0 Å². The second kappa shape index (κ2) is 5.79. The fraction of sp³-hybridized carbons (Fsp3) is 0.455. The molecule has 1 aromatic carbocycles. The molecule has 0 unspecified atom stereocenters. The highest BCUT2D eigenvalue weighted by atomic mass is 35.5. The quantitative estimate of drug-likeness (QED) is 0.775. The fourth-order valence-electron chi connectivity index (χ4n) is 1.88. The second-order valence-electron chi connectivity index (χ2n) is 3.97. The van der Waals surface area contributed by atoms with Gasteiger partial charge in [0.2, 0.25) is 0 Å². The molecule has 5 heteroatoms. The molecule has 2 rings (SSSR count). The molecule has 1 aliphatic carbocycles. The topological polar surface area (TPSA) is 26.0 Å². The summed E-state index contributed by atoms with van der Waals surface area (Å²) in [6, 6.07) is 3.37. The molecule has 1 aliphatic rings. The van der Waals surface area contributed by atoms with E-state index in [-0.39, 0.29) is 18.4 Å². The lowest BCUT2D eigenvalue weighted by atomic mass is 9.77. The van der Waals surface area contributed by atoms with Crippen molar-refractivity contribution in [1.82, 2.24) is 0 Å². The third-order valence-electron chi connectivity index (χ3n) is 3.07. The van der Waals surface area contributed by atoms with Crippen LogP contribution in [0.15, 0.2) is 12.1 Å². The van der Waals surface area contributed by atoms with E-state index in [1.807, 2.05) is 0 Å². The van der Waals surface area contributed by atoms with Crippen molar-refractivity contribution < 1.29 is 0 Å². The zero-order valence-electron chi connectivity index (χ0n) is 8.55. The smallest absolute Gasteiger partial charge is 0.0655 e. The van der Waals surface area contributed by atoms with Gasteiger partial charge in [-0.1, -0.05) is 41.2 Å². The molecule has 0 saturated heterocycles. The molecule has 0 aliphatic heterocycles. The Kier molecular flexibility index (Phi) is 5.21. The first kappa shape index (κ1) is 14.4. The van der Waals surface area contributed by atoms with Crippen LogP contribution >= 0.6 is 47.2 Å². The number of hydrogen-bond donors (Lipinski definition) is 1. The van der Waals surface area contributed by atoms with E-state index in [0.29, 0.717) is 21.0 Å². The summed E-state index contributed by atoms with van der Waals surface area (Å²) in [4.78, 5) is 0. The van der Waals surface area contributed by atoms with Gasteiger partial charge in [0.1, 0.15) is 0 Å². The Morgan fingerprint density at radius 1 is 1.12 bits per heavy atom. The standard InChI is InChI=1S/C11H12Cl3N.ClH/c12-7-4-5-8(13)10(14)9(7)11(15)6-2-1-3-6;/h4-6,11H,1-3,15H2;1H/t11-;/m0./s1. The largest absolute Gasteiger partial charge is 0.324 e. The van der Waals surface area contributed by atoms with Gasteiger partial charge in [0.25, 0.3) is 0 Å². The van der Waals surface area contributed by atoms with E-state index in [1.54, 1.807) is 12.1 Å². The Bertz CT molecular complexity index is 376. The molecule has 2 N–H and O–H groups in total. The van der Waals surface area contributed by atoms with Crippen LogP contribution in [0.5, 0.6) is 0 Å². The summed E-state index contributed by atoms with van der Waals surface area (Å²) in [5, 5.41) is 1.64. The average Bonchev–Trinajstić information content (AvgIpc) is 2.09. The molecule has 16 heavy (non-hydrogen) atoms. The van der Waals surface area contributed by atoms with E-state index in [1.165, 1.54) is 6.42 Å². The molecule has 0 radical (unpaired) electrons. The van der Waals surface area contributed by atoms with Gasteiger partial charge in [-0.2, -0.15) is 0 Å². The molecule has 1 nitrogen and oxygen atoms in total. The normalized spacial score (nSPS) is 17.5. The summed E-state index contributed by atoms with van der Waals surface area (Å²) in [7, 11) is 0. The van der Waals surface area contributed by atoms with Gasteiger partial charge in [-0.05, 0) is 30.9 Å². The van der Waals surface area contributed by atoms with Gasteiger partial charge >= 0.3 is 0 Å². The van der Waals surface area contributed by atoms with Crippen LogP contribution in [0.1, 0.15) is 30.9 Å². The summed E-state index contributed by atoms with van der Waals surface area (Å²) in [6.07, 6.45) is 3.55. The van der Waals surface area contributed by atoms with Crippen LogP contribution in [0, 0.1) is 5.92 Å². The van der Waals surface area contributed by atoms with E-state index in [4.69, 9.17) is 40.5 Å². The van der Waals surface area contributed by atoms with Crippen LogP contribution in [0.2, 0.25) is 15.1 Å². The van der Waals surface area contributed by atoms with Crippen molar-refractivity contribution in [3.05, 3.63) is 32.8 Å². The molecule has 0 heterocycles. The van der Waals surface area contributed by atoms with Gasteiger partial charge in [0.05, 0.1) is 10.0 Å². The SMILES string of the molecule is Cl.N[C@H](c1c(Cl)ccc(Cl)c1Cl)C1CCC1. The first-order chi connectivity index (χ1) is 7.11. The minimum absolute atomic E-state index is 0. The maximum atomic E-state index is 6.14. The summed E-state index contributed by atoms with van der Waals surface area (Å²) in [5.41, 5.74) is 6.94. The Hall–Kier alpha value is 0.340. The fourth-order valence-corrected chi connectivity index (χ4v) is 2.67. The Morgan fingerprint density at radius 2 is 1.69 bits per heavy atom. The number of rotatable bonds is 2. The Morgan fingerprint density at radius 3 is 2.19 bits per heavy atom. The number of nitrogens with two attached hydrogens (primary N) is 1. The molecule has 1 fully saturated rings. The van der Waals surface area contributed by atoms with Gasteiger partial charge in [0.15, 0.2) is 0 Å². The minimum Gasteiger partial charge on any atom is -0.324 e. The summed E-state index contributed by atoms with van der Waals surface area (Å²) >= 11 is 18.2. The lowest BCUT2D eigenvalue weighted by Crippen LogP contribution is -2.27. The lowest BCUT2D eigenvalue weighted by molar-refractivity contribution is 0.264. The molecule has 1 atom stereocenters. The zero-order chi connectivity index (χ0) is 11.0. The zero-order valence-corrected chi connectivity index (χ0v) is 11.6. The van der Waals surface area contributed by atoms with Gasteiger partial charge < -0.3 is 5.73 Å². The van der Waals surface area contributed by atoms with Crippen molar-refractivity contribution in [2.75, 3.05) is 0 Å². The van der Waals surface area contributed by atoms with Crippen molar-refractivity contribution in [3.63, 3.8) is 0 Å². The number of halogens is 4. The molecular weight excluding hydrogens is 288 g/mol. The van der Waals surface area contributed by atoms with Crippen molar-refractivity contribution in [3.8, 4) is 0 Å². The predicted octanol–water partition coefficient (Wildman–Crippen LogP) is 4.87. The maximum absolute atomic E-state index is 6.14. The highest BCUT2D eigenvalue weighted by Crippen LogP contribution is 2.42. The van der Waals surface area contributed by atoms with Crippen LogP contribution in [0.3, 0.4) is 0 Å². The van der Waals surface area contributed by atoms with Crippen LogP contribution in [0.25, 0.3) is 0 Å². The third-order valence-corrected chi connectivity index (χ3v) is 4.22. The van der Waals surface area contributed by atoms with Crippen LogP contribution in [-0.2, 0) is 0 Å². The van der Waals surface area contributed by atoms with E-state index in [9.17, 15) is 0 Å². The van der Waals surface area contributed by atoms with Crippen LogP contribution in [0.4, 0.5) is 0 Å². The molecule has 0 amide bonds. The first-order valence-corrected chi connectivity index (χ1v) is 6.13. The first-order valence-electron chi connectivity index (χ1n) is 5.00. The summed E-state index contributed by atoms with van der Waals surface area (Å²) < 4.78 is 0. The highest BCUT2D eigenvalue weighted by Gasteiger charge is 2.28. The van der Waals surface area contributed by atoms with Crippen molar-refractivity contribution in [2.45, 2.75) is 25.3 Å². The predicted molar refractivity (Wildman–Crippen MR) is 73.0 cm³/mol. The van der Waals surface area contributed by atoms with E-state index >= 15 is 0 Å². The van der Waals surface area contributed by atoms with E-state index in [2.05, 4.69) is 0 Å². The molecule has 0 bridgehead atoms. The maximum Gasteiger partial charge on any atom is 0.0655 e. The molecule has 1 aromatic rings. The Balaban J connectivity index is 0.00000128. The molecule has 90 valence electrons. The van der Waals surface area contributed by atoms with E-state index < -0.39 is 0 Å². The van der Waals surface area contributed by atoms with Crippen LogP contribution in [-0.4, -0.2) is 0 Å². The van der Waals surface area contributed by atoms with Gasteiger partial charge in [-0.3, -0.25) is 0 Å². The Labute approximate surface area is 117 Å². The van der Waals surface area contributed by atoms with Crippen molar-refractivity contribution in [2.24, 2.45) is 11.7 Å². The lowest BCUT2D eigenvalue weighted by Gasteiger charge is -2.32. The third kappa shape index (κ3) is 2.60. The average molecular weight is 301 g/mol. The minimum atomic E-state index is -0.0857. The van der Waals surface area contributed by atoms with E-state index in [0.717, 1.165) is 18.4 Å². The molecule has 0 aromatic heterocycles.